The van der Waals surface area contributed by atoms with E-state index in [9.17, 15) is 4.79 Å². The van der Waals surface area contributed by atoms with Crippen LogP contribution in [0.1, 0.15) is 51.6 Å². The summed E-state index contributed by atoms with van der Waals surface area (Å²) in [7, 11) is 0. The molecule has 3 nitrogen and oxygen atoms in total. The Morgan fingerprint density at radius 1 is 1.29 bits per heavy atom. The third-order valence-corrected chi connectivity index (χ3v) is 2.84. The van der Waals surface area contributed by atoms with Crippen LogP contribution in [-0.2, 0) is 9.53 Å². The highest BCUT2D eigenvalue weighted by atomic mass is 16.5. The number of pyridine rings is 1. The monoisotopic (exact) mass is 289 g/mol. The van der Waals surface area contributed by atoms with Crippen LogP contribution in [0.2, 0.25) is 0 Å². The Hall–Kier alpha value is -1.90. The fraction of sp³-hybridized carbons (Fsp3) is 0.444. The molecule has 1 heterocycles. The normalized spacial score (nSPS) is 9.24. The topological polar surface area (TPSA) is 39.2 Å². The zero-order valence-electron chi connectivity index (χ0n) is 13.3. The lowest BCUT2D eigenvalue weighted by Crippen LogP contribution is -2.07. The summed E-state index contributed by atoms with van der Waals surface area (Å²) in [6, 6.07) is 5.73. The number of hydrogen-bond acceptors (Lipinski definition) is 3. The van der Waals surface area contributed by atoms with Crippen molar-refractivity contribution in [2.75, 3.05) is 6.61 Å². The van der Waals surface area contributed by atoms with E-state index in [1.807, 2.05) is 25.1 Å². The van der Waals surface area contributed by atoms with Crippen molar-refractivity contribution in [2.45, 2.75) is 46.0 Å². The molecule has 0 saturated carbocycles. The zero-order valence-corrected chi connectivity index (χ0v) is 13.3. The zero-order chi connectivity index (χ0) is 15.9. The maximum atomic E-state index is 11.1. The molecule has 0 spiro atoms. The van der Waals surface area contributed by atoms with Crippen LogP contribution in [0.25, 0.3) is 6.08 Å². The van der Waals surface area contributed by atoms with Gasteiger partial charge in [-0.15, -0.1) is 0 Å². The summed E-state index contributed by atoms with van der Waals surface area (Å²) in [5.74, 6) is -0.237. The molecule has 1 aromatic rings. The van der Waals surface area contributed by atoms with Gasteiger partial charge in [-0.1, -0.05) is 52.3 Å². The molecule has 0 aliphatic carbocycles. The van der Waals surface area contributed by atoms with E-state index in [1.165, 1.54) is 12.8 Å². The summed E-state index contributed by atoms with van der Waals surface area (Å²) < 4.78 is 5.00. The molecule has 1 aromatic heterocycles. The van der Waals surface area contributed by atoms with Crippen molar-refractivity contribution in [2.24, 2.45) is 0 Å². The van der Waals surface area contributed by atoms with Crippen LogP contribution in [0.4, 0.5) is 0 Å². The molecule has 0 amide bonds. The van der Waals surface area contributed by atoms with Crippen LogP contribution in [0.15, 0.2) is 43.1 Å². The Bertz CT molecular complexity index is 412. The summed E-state index contributed by atoms with van der Waals surface area (Å²) in [6.07, 6.45) is 8.67. The molecular formula is C18H27NO2. The van der Waals surface area contributed by atoms with E-state index < -0.39 is 0 Å². The molecule has 0 aliphatic heterocycles. The van der Waals surface area contributed by atoms with Crippen molar-refractivity contribution in [1.29, 1.82) is 0 Å². The van der Waals surface area contributed by atoms with E-state index in [0.717, 1.165) is 18.5 Å². The number of aromatic nitrogens is 1. The number of rotatable bonds is 8. The van der Waals surface area contributed by atoms with E-state index in [1.54, 1.807) is 12.3 Å². The van der Waals surface area contributed by atoms with Gasteiger partial charge >= 0.3 is 5.97 Å². The molecule has 0 aromatic carbocycles. The quantitative estimate of drug-likeness (QED) is 0.392. The first-order valence-corrected chi connectivity index (χ1v) is 7.54. The summed E-state index contributed by atoms with van der Waals surface area (Å²) in [5.41, 5.74) is 1.49. The smallest absolute Gasteiger partial charge is 0.333 e. The van der Waals surface area contributed by atoms with Crippen molar-refractivity contribution in [1.82, 2.24) is 4.98 Å². The fourth-order valence-electron chi connectivity index (χ4n) is 1.44. The number of ether oxygens (including phenoxy) is 1. The van der Waals surface area contributed by atoms with Crippen LogP contribution in [0, 0.1) is 0 Å². The first-order chi connectivity index (χ1) is 10.2. The summed E-state index contributed by atoms with van der Waals surface area (Å²) in [4.78, 5) is 15.1. The van der Waals surface area contributed by atoms with E-state index in [-0.39, 0.29) is 5.97 Å². The molecule has 3 heteroatoms. The minimum atomic E-state index is -0.237. The molecule has 0 bridgehead atoms. The van der Waals surface area contributed by atoms with Crippen molar-refractivity contribution in [3.05, 3.63) is 48.8 Å². The van der Waals surface area contributed by atoms with E-state index in [2.05, 4.69) is 25.1 Å². The van der Waals surface area contributed by atoms with Crippen LogP contribution >= 0.6 is 0 Å². The highest BCUT2D eigenvalue weighted by Crippen LogP contribution is 2.03. The van der Waals surface area contributed by atoms with Gasteiger partial charge in [0.05, 0.1) is 12.3 Å². The average molecular weight is 289 g/mol. The standard InChI is InChI=1S/C11H20O2.C7H7N/c1-4-6-7-8-9-13-11(12)10(3)5-2;1-2-7-5-3-4-6-8-7/h3-9H2,1-2H3;2-6H,1H2. The Labute approximate surface area is 128 Å². The van der Waals surface area contributed by atoms with Crippen LogP contribution < -0.4 is 0 Å². The predicted molar refractivity (Wildman–Crippen MR) is 88.9 cm³/mol. The first-order valence-electron chi connectivity index (χ1n) is 7.54. The van der Waals surface area contributed by atoms with Gasteiger partial charge in [-0.05, 0) is 31.1 Å². The minimum Gasteiger partial charge on any atom is -0.462 e. The number of carbonyl (C=O) groups excluding carboxylic acids is 1. The van der Waals surface area contributed by atoms with Gasteiger partial charge in [-0.2, -0.15) is 0 Å². The third-order valence-electron chi connectivity index (χ3n) is 2.84. The molecule has 0 fully saturated rings. The lowest BCUT2D eigenvalue weighted by Gasteiger charge is -2.04. The molecule has 0 N–H and O–H groups in total. The minimum absolute atomic E-state index is 0.237. The lowest BCUT2D eigenvalue weighted by atomic mass is 10.2. The number of esters is 1. The second-order valence-corrected chi connectivity index (χ2v) is 4.61. The number of carbonyl (C=O) groups is 1. The summed E-state index contributed by atoms with van der Waals surface area (Å²) >= 11 is 0. The maximum Gasteiger partial charge on any atom is 0.333 e. The van der Waals surface area contributed by atoms with Crippen molar-refractivity contribution in [3.8, 4) is 0 Å². The largest absolute Gasteiger partial charge is 0.462 e. The Morgan fingerprint density at radius 3 is 2.52 bits per heavy atom. The highest BCUT2D eigenvalue weighted by Gasteiger charge is 2.04. The predicted octanol–water partition coefficient (Wildman–Crippen LogP) is 4.80. The Kier molecular flexibility index (Phi) is 11.9. The Balaban J connectivity index is 0.000000423. The van der Waals surface area contributed by atoms with Gasteiger partial charge in [-0.3, -0.25) is 4.98 Å². The average Bonchev–Trinajstić information content (AvgIpc) is 2.55. The molecule has 1 rings (SSSR count). The van der Waals surface area contributed by atoms with Crippen molar-refractivity contribution in [3.63, 3.8) is 0 Å². The number of nitrogens with zero attached hydrogens (tertiary/aromatic N) is 1. The summed E-state index contributed by atoms with van der Waals surface area (Å²) in [6.45, 7) is 11.8. The molecule has 0 atom stereocenters. The molecule has 116 valence electrons. The van der Waals surface area contributed by atoms with Gasteiger partial charge in [0.1, 0.15) is 0 Å². The molecule has 0 unspecified atom stereocenters. The van der Waals surface area contributed by atoms with Crippen LogP contribution in [-0.4, -0.2) is 17.6 Å². The second kappa shape index (κ2) is 13.1. The lowest BCUT2D eigenvalue weighted by molar-refractivity contribution is -0.139. The molecule has 0 saturated heterocycles. The van der Waals surface area contributed by atoms with Gasteiger partial charge < -0.3 is 4.74 Å². The molecule has 0 aliphatic rings. The molecule has 21 heavy (non-hydrogen) atoms. The molecular weight excluding hydrogens is 262 g/mol. The van der Waals surface area contributed by atoms with Gasteiger partial charge in [-0.25, -0.2) is 4.79 Å². The van der Waals surface area contributed by atoms with Crippen molar-refractivity contribution < 1.29 is 9.53 Å². The maximum absolute atomic E-state index is 11.1. The highest BCUT2D eigenvalue weighted by molar-refractivity contribution is 5.87. The number of hydrogen-bond donors (Lipinski definition) is 0. The van der Waals surface area contributed by atoms with Crippen molar-refractivity contribution >= 4 is 12.0 Å². The first kappa shape index (κ1) is 19.1. The third kappa shape index (κ3) is 10.5. The summed E-state index contributed by atoms with van der Waals surface area (Å²) in [5, 5.41) is 0. The second-order valence-electron chi connectivity index (χ2n) is 4.61. The van der Waals surface area contributed by atoms with Gasteiger partial charge in [0, 0.05) is 11.8 Å². The Morgan fingerprint density at radius 2 is 2.05 bits per heavy atom. The van der Waals surface area contributed by atoms with Gasteiger partial charge in [0.2, 0.25) is 0 Å². The SMILES string of the molecule is C=C(CC)C(=O)OCCCCCC.C=Cc1ccccn1. The van der Waals surface area contributed by atoms with E-state index in [0.29, 0.717) is 18.6 Å². The van der Waals surface area contributed by atoms with Crippen LogP contribution in [0.3, 0.4) is 0 Å². The van der Waals surface area contributed by atoms with E-state index >= 15 is 0 Å². The van der Waals surface area contributed by atoms with Gasteiger partial charge in [0.25, 0.3) is 0 Å². The van der Waals surface area contributed by atoms with E-state index in [4.69, 9.17) is 4.74 Å². The number of unbranched alkanes of at least 4 members (excludes halogenated alkanes) is 3. The fourth-order valence-corrected chi connectivity index (χ4v) is 1.44. The van der Waals surface area contributed by atoms with Crippen LogP contribution in [0.5, 0.6) is 0 Å². The molecule has 0 radical (unpaired) electrons. The van der Waals surface area contributed by atoms with Gasteiger partial charge in [0.15, 0.2) is 0 Å².